The molecular weight excluding hydrogens is 366 g/mol. The van der Waals surface area contributed by atoms with E-state index in [1.54, 1.807) is 6.92 Å². The first-order valence-corrected chi connectivity index (χ1v) is 10.4. The van der Waals surface area contributed by atoms with E-state index in [0.717, 1.165) is 5.69 Å². The lowest BCUT2D eigenvalue weighted by Gasteiger charge is -2.36. The summed E-state index contributed by atoms with van der Waals surface area (Å²) in [5.41, 5.74) is 3.55. The molecule has 0 atom stereocenters. The van der Waals surface area contributed by atoms with Crippen LogP contribution in [0, 0.1) is 13.8 Å². The van der Waals surface area contributed by atoms with Gasteiger partial charge in [-0.3, -0.25) is 0 Å². The van der Waals surface area contributed by atoms with Crippen LogP contribution in [0.5, 0.6) is 0 Å². The molecule has 1 aliphatic heterocycles. The third kappa shape index (κ3) is 3.59. The van der Waals surface area contributed by atoms with Crippen LogP contribution < -0.4 is 4.90 Å². The molecular formula is C19H25N3O4S. The van der Waals surface area contributed by atoms with Crippen molar-refractivity contribution >= 4 is 21.7 Å². The number of benzene rings is 1. The molecule has 2 heterocycles. The zero-order valence-corrected chi connectivity index (χ0v) is 16.7. The molecule has 0 radical (unpaired) electrons. The topological polar surface area (TPSA) is 82.9 Å². The molecule has 7 nitrogen and oxygen atoms in total. The average molecular weight is 391 g/mol. The van der Waals surface area contributed by atoms with Crippen molar-refractivity contribution in [1.82, 2.24) is 8.87 Å². The molecule has 27 heavy (non-hydrogen) atoms. The summed E-state index contributed by atoms with van der Waals surface area (Å²) in [6.07, 6.45) is 1.41. The highest BCUT2D eigenvalue weighted by atomic mass is 32.2. The van der Waals surface area contributed by atoms with Crippen LogP contribution in [0.15, 0.2) is 35.4 Å². The molecule has 0 bridgehead atoms. The lowest BCUT2D eigenvalue weighted by molar-refractivity contribution is 0.0685. The Hall–Kier alpha value is -2.32. The number of aromatic nitrogens is 1. The van der Waals surface area contributed by atoms with Crippen LogP contribution in [0.25, 0.3) is 0 Å². The van der Waals surface area contributed by atoms with Gasteiger partial charge >= 0.3 is 5.97 Å². The number of sulfonamides is 1. The Balaban J connectivity index is 1.79. The Morgan fingerprint density at radius 1 is 1.15 bits per heavy atom. The number of anilines is 1. The number of rotatable bonds is 5. The van der Waals surface area contributed by atoms with Gasteiger partial charge in [0, 0.05) is 44.6 Å². The monoisotopic (exact) mass is 391 g/mol. The number of piperazine rings is 1. The highest BCUT2D eigenvalue weighted by Crippen LogP contribution is 2.26. The number of nitrogens with zero attached hydrogens (tertiary/aromatic N) is 3. The molecule has 0 spiro atoms. The van der Waals surface area contributed by atoms with Crippen molar-refractivity contribution in [2.24, 2.45) is 0 Å². The fourth-order valence-electron chi connectivity index (χ4n) is 3.46. The van der Waals surface area contributed by atoms with Gasteiger partial charge in [0.25, 0.3) is 0 Å². The van der Waals surface area contributed by atoms with Gasteiger partial charge in [0.05, 0.1) is 0 Å². The maximum atomic E-state index is 13.0. The van der Waals surface area contributed by atoms with Crippen molar-refractivity contribution in [2.75, 3.05) is 31.1 Å². The highest BCUT2D eigenvalue weighted by Gasteiger charge is 2.31. The quantitative estimate of drug-likeness (QED) is 0.846. The Labute approximate surface area is 159 Å². The molecule has 146 valence electrons. The summed E-state index contributed by atoms with van der Waals surface area (Å²) >= 11 is 0. The Morgan fingerprint density at radius 2 is 1.81 bits per heavy atom. The fraction of sp³-hybridized carbons (Fsp3) is 0.421. The summed E-state index contributed by atoms with van der Waals surface area (Å²) < 4.78 is 28.8. The highest BCUT2D eigenvalue weighted by molar-refractivity contribution is 7.89. The molecule has 1 aromatic heterocycles. The third-order valence-electron chi connectivity index (χ3n) is 5.22. The summed E-state index contributed by atoms with van der Waals surface area (Å²) in [7, 11) is -3.71. The largest absolute Gasteiger partial charge is 0.477 e. The molecule has 0 unspecified atom stereocenters. The van der Waals surface area contributed by atoms with E-state index in [4.69, 9.17) is 0 Å². The molecule has 1 aromatic carbocycles. The van der Waals surface area contributed by atoms with Crippen molar-refractivity contribution in [2.45, 2.75) is 32.2 Å². The SMILES string of the molecule is CCn1cc(S(=O)(=O)N2CCN(c3cccc(C)c3C)CC2)cc1C(=O)O. The van der Waals surface area contributed by atoms with Crippen molar-refractivity contribution in [3.63, 3.8) is 0 Å². The molecule has 2 aromatic rings. The summed E-state index contributed by atoms with van der Waals surface area (Å²) in [6, 6.07) is 7.39. The Bertz CT molecular complexity index is 957. The number of carboxylic acids is 1. The normalized spacial score (nSPS) is 15.9. The standard InChI is InChI=1S/C19H25N3O4S/c1-4-20-13-16(12-18(20)19(23)24)27(25,26)22-10-8-21(9-11-22)17-7-5-6-14(2)15(17)3/h5-7,12-13H,4,8-11H2,1-3H3,(H,23,24). The fourth-order valence-corrected chi connectivity index (χ4v) is 4.93. The predicted molar refractivity (Wildman–Crippen MR) is 104 cm³/mol. The molecule has 1 fully saturated rings. The van der Waals surface area contributed by atoms with Crippen LogP contribution in [-0.2, 0) is 16.6 Å². The van der Waals surface area contributed by atoms with Crippen LogP contribution in [0.4, 0.5) is 5.69 Å². The van der Waals surface area contributed by atoms with Gasteiger partial charge in [-0.15, -0.1) is 0 Å². The Kier molecular flexibility index (Phi) is 5.30. The van der Waals surface area contributed by atoms with Gasteiger partial charge in [-0.1, -0.05) is 12.1 Å². The van der Waals surface area contributed by atoms with E-state index in [-0.39, 0.29) is 10.6 Å². The number of hydrogen-bond acceptors (Lipinski definition) is 4. The van der Waals surface area contributed by atoms with E-state index in [2.05, 4.69) is 30.9 Å². The zero-order chi connectivity index (χ0) is 19.8. The van der Waals surface area contributed by atoms with Gasteiger partial charge < -0.3 is 14.6 Å². The number of hydrogen-bond donors (Lipinski definition) is 1. The average Bonchev–Trinajstić information content (AvgIpc) is 3.10. The number of aromatic carboxylic acids is 1. The van der Waals surface area contributed by atoms with Gasteiger partial charge in [0.2, 0.25) is 10.0 Å². The second-order valence-corrected chi connectivity index (χ2v) is 8.70. The summed E-state index contributed by atoms with van der Waals surface area (Å²) in [4.78, 5) is 13.6. The molecule has 8 heteroatoms. The predicted octanol–water partition coefficient (Wildman–Crippen LogP) is 2.33. The molecule has 0 amide bonds. The van der Waals surface area contributed by atoms with Crippen LogP contribution in [0.1, 0.15) is 28.5 Å². The summed E-state index contributed by atoms with van der Waals surface area (Å²) in [5, 5.41) is 9.26. The first-order chi connectivity index (χ1) is 12.8. The molecule has 0 saturated carbocycles. The molecule has 1 saturated heterocycles. The lowest BCUT2D eigenvalue weighted by Crippen LogP contribution is -2.48. The van der Waals surface area contributed by atoms with E-state index < -0.39 is 16.0 Å². The first kappa shape index (κ1) is 19.4. The lowest BCUT2D eigenvalue weighted by atomic mass is 10.1. The second kappa shape index (κ2) is 7.36. The minimum Gasteiger partial charge on any atom is -0.477 e. The number of carboxylic acid groups (broad SMARTS) is 1. The van der Waals surface area contributed by atoms with Crippen molar-refractivity contribution in [3.05, 3.63) is 47.3 Å². The third-order valence-corrected chi connectivity index (χ3v) is 7.09. The van der Waals surface area contributed by atoms with E-state index in [0.29, 0.717) is 32.7 Å². The van der Waals surface area contributed by atoms with E-state index in [1.807, 2.05) is 6.07 Å². The Morgan fingerprint density at radius 3 is 2.37 bits per heavy atom. The van der Waals surface area contributed by atoms with Crippen molar-refractivity contribution < 1.29 is 18.3 Å². The minimum atomic E-state index is -3.71. The summed E-state index contributed by atoms with van der Waals surface area (Å²) in [6.45, 7) is 8.27. The maximum Gasteiger partial charge on any atom is 0.352 e. The second-order valence-electron chi connectivity index (χ2n) is 6.76. The number of aryl methyl sites for hydroxylation is 2. The van der Waals surface area contributed by atoms with Crippen molar-refractivity contribution in [1.29, 1.82) is 0 Å². The van der Waals surface area contributed by atoms with Gasteiger partial charge in [-0.2, -0.15) is 4.31 Å². The smallest absolute Gasteiger partial charge is 0.352 e. The van der Waals surface area contributed by atoms with Gasteiger partial charge in [0.1, 0.15) is 10.6 Å². The van der Waals surface area contributed by atoms with E-state index in [9.17, 15) is 18.3 Å². The maximum absolute atomic E-state index is 13.0. The first-order valence-electron chi connectivity index (χ1n) is 9.00. The zero-order valence-electron chi connectivity index (χ0n) is 15.8. The number of carbonyl (C=O) groups is 1. The van der Waals surface area contributed by atoms with E-state index in [1.165, 1.54) is 32.3 Å². The van der Waals surface area contributed by atoms with Crippen molar-refractivity contribution in [3.8, 4) is 0 Å². The summed E-state index contributed by atoms with van der Waals surface area (Å²) in [5.74, 6) is -1.13. The van der Waals surface area contributed by atoms with Gasteiger partial charge in [-0.05, 0) is 44.0 Å². The minimum absolute atomic E-state index is 0.00917. The van der Waals surface area contributed by atoms with Crippen LogP contribution >= 0.6 is 0 Å². The van der Waals surface area contributed by atoms with E-state index >= 15 is 0 Å². The molecule has 1 aliphatic rings. The van der Waals surface area contributed by atoms with Crippen LogP contribution in [0.2, 0.25) is 0 Å². The van der Waals surface area contributed by atoms with Crippen LogP contribution in [0.3, 0.4) is 0 Å². The van der Waals surface area contributed by atoms with Gasteiger partial charge in [-0.25, -0.2) is 13.2 Å². The van der Waals surface area contributed by atoms with Crippen LogP contribution in [-0.4, -0.2) is 54.5 Å². The van der Waals surface area contributed by atoms with Gasteiger partial charge in [0.15, 0.2) is 0 Å². The molecule has 0 aliphatic carbocycles. The molecule has 1 N–H and O–H groups in total. The molecule has 3 rings (SSSR count).